The van der Waals surface area contributed by atoms with Crippen LogP contribution in [-0.4, -0.2) is 28.7 Å². The first-order valence-electron chi connectivity index (χ1n) is 12.0. The Kier molecular flexibility index (Phi) is 3.85. The van der Waals surface area contributed by atoms with Crippen molar-refractivity contribution in [2.45, 2.75) is 84.0 Å². The number of ether oxygens (including phenoxy) is 2. The van der Waals surface area contributed by atoms with Gasteiger partial charge in [-0.25, -0.2) is 0 Å². The van der Waals surface area contributed by atoms with Crippen molar-refractivity contribution < 1.29 is 19.7 Å². The van der Waals surface area contributed by atoms with Crippen LogP contribution in [0.3, 0.4) is 0 Å². The summed E-state index contributed by atoms with van der Waals surface area (Å²) in [6.07, 6.45) is 8.54. The van der Waals surface area contributed by atoms with E-state index < -0.39 is 6.29 Å². The number of hydrogen-bond donors (Lipinski definition) is 2. The molecule has 2 aliphatic heterocycles. The number of fused-ring (bicyclic) bond motifs is 4. The molecule has 1 aromatic rings. The Morgan fingerprint density at radius 3 is 2.53 bits per heavy atom. The number of aliphatic hydroxyl groups is 1. The van der Waals surface area contributed by atoms with Crippen LogP contribution in [0, 0.1) is 34.0 Å². The van der Waals surface area contributed by atoms with E-state index in [1.54, 1.807) is 6.07 Å². The van der Waals surface area contributed by atoms with Crippen LogP contribution in [0.5, 0.6) is 11.5 Å². The molecule has 3 aliphatic carbocycles. The second-order valence-electron chi connectivity index (χ2n) is 11.9. The molecule has 0 spiro atoms. The molecule has 1 aromatic carbocycles. The third-order valence-corrected chi connectivity index (χ3v) is 10.7. The van der Waals surface area contributed by atoms with E-state index in [4.69, 9.17) is 9.47 Å². The van der Waals surface area contributed by atoms with E-state index in [0.29, 0.717) is 23.5 Å². The molecule has 30 heavy (non-hydrogen) atoms. The van der Waals surface area contributed by atoms with Gasteiger partial charge in [-0.05, 0) is 92.9 Å². The highest BCUT2D eigenvalue weighted by Crippen LogP contribution is 2.72. The molecule has 4 fully saturated rings. The zero-order valence-electron chi connectivity index (χ0n) is 18.6. The predicted molar refractivity (Wildman–Crippen MR) is 114 cm³/mol. The van der Waals surface area contributed by atoms with Gasteiger partial charge in [0.2, 0.25) is 0 Å². The van der Waals surface area contributed by atoms with Gasteiger partial charge >= 0.3 is 0 Å². The van der Waals surface area contributed by atoms with E-state index in [-0.39, 0.29) is 21.8 Å². The maximum absolute atomic E-state index is 10.8. The first kappa shape index (κ1) is 19.4. The second kappa shape index (κ2) is 5.95. The molecule has 4 heteroatoms. The Hall–Kier alpha value is -1.26. The molecule has 2 heterocycles. The maximum atomic E-state index is 10.8. The molecule has 0 amide bonds. The van der Waals surface area contributed by atoms with Crippen molar-refractivity contribution in [1.29, 1.82) is 0 Å². The van der Waals surface area contributed by atoms with Crippen LogP contribution in [0.1, 0.15) is 71.3 Å². The van der Waals surface area contributed by atoms with Gasteiger partial charge in [0, 0.05) is 16.7 Å². The Morgan fingerprint density at radius 2 is 1.70 bits per heavy atom. The van der Waals surface area contributed by atoms with Gasteiger partial charge < -0.3 is 19.7 Å². The van der Waals surface area contributed by atoms with Crippen molar-refractivity contribution in [3.8, 4) is 11.5 Å². The molecule has 6 rings (SSSR count). The highest BCUT2D eigenvalue weighted by Gasteiger charge is 2.70. The summed E-state index contributed by atoms with van der Waals surface area (Å²) in [4.78, 5) is 0. The molecule has 0 radical (unpaired) electrons. The average Bonchev–Trinajstić information content (AvgIpc) is 2.70. The van der Waals surface area contributed by atoms with Gasteiger partial charge in [0.05, 0.1) is 6.61 Å². The number of aliphatic hydroxyl groups excluding tert-OH is 1. The minimum Gasteiger partial charge on any atom is -0.508 e. The van der Waals surface area contributed by atoms with Gasteiger partial charge in [0.15, 0.2) is 6.29 Å². The molecule has 5 aliphatic rings. The van der Waals surface area contributed by atoms with Gasteiger partial charge in [-0.2, -0.15) is 0 Å². The lowest BCUT2D eigenvalue weighted by atomic mass is 9.36. The molecular formula is C26H36O4. The van der Waals surface area contributed by atoms with Crippen LogP contribution in [0.2, 0.25) is 0 Å². The molecule has 4 nitrogen and oxygen atoms in total. The number of phenolic OH excluding ortho intramolecular Hbond substituents is 1. The highest BCUT2D eigenvalue weighted by atomic mass is 16.6. The van der Waals surface area contributed by atoms with Gasteiger partial charge in [-0.3, -0.25) is 0 Å². The molecule has 2 bridgehead atoms. The Balaban J connectivity index is 1.42. The summed E-state index contributed by atoms with van der Waals surface area (Å²) in [5.41, 5.74) is 1.30. The molecule has 3 saturated carbocycles. The number of rotatable bonds is 0. The first-order valence-corrected chi connectivity index (χ1v) is 12.0. The topological polar surface area (TPSA) is 58.9 Å². The lowest BCUT2D eigenvalue weighted by Gasteiger charge is -2.71. The minimum atomic E-state index is -0.609. The SMILES string of the molecule is CC12CCC[C@]3(CO[C@@H]1O)C1CC[C@]4(C)Oc5ccc(O)cc5CC4[C@]1(C)CC[C@@H]23. The van der Waals surface area contributed by atoms with Crippen LogP contribution in [0.4, 0.5) is 0 Å². The molecule has 1 saturated heterocycles. The van der Waals surface area contributed by atoms with Gasteiger partial charge in [-0.1, -0.05) is 20.3 Å². The fraction of sp³-hybridized carbons (Fsp3) is 0.769. The zero-order chi connectivity index (χ0) is 20.9. The van der Waals surface area contributed by atoms with Gasteiger partial charge in [0.25, 0.3) is 0 Å². The molecule has 2 N–H and O–H groups in total. The number of hydrogen-bond acceptors (Lipinski definition) is 4. The second-order valence-corrected chi connectivity index (χ2v) is 11.9. The summed E-state index contributed by atoms with van der Waals surface area (Å²) in [6, 6.07) is 5.59. The van der Waals surface area contributed by atoms with Gasteiger partial charge in [0.1, 0.15) is 17.1 Å². The lowest BCUT2D eigenvalue weighted by molar-refractivity contribution is -0.327. The average molecular weight is 413 g/mol. The summed E-state index contributed by atoms with van der Waals surface area (Å²) in [7, 11) is 0. The third kappa shape index (κ3) is 2.25. The Morgan fingerprint density at radius 1 is 0.933 bits per heavy atom. The molecule has 0 aromatic heterocycles. The monoisotopic (exact) mass is 412 g/mol. The smallest absolute Gasteiger partial charge is 0.160 e. The van der Waals surface area contributed by atoms with Gasteiger partial charge in [-0.15, -0.1) is 0 Å². The van der Waals surface area contributed by atoms with E-state index in [2.05, 4.69) is 20.8 Å². The summed E-state index contributed by atoms with van der Waals surface area (Å²) >= 11 is 0. The minimum absolute atomic E-state index is 0.0972. The first-order chi connectivity index (χ1) is 14.2. The third-order valence-electron chi connectivity index (χ3n) is 10.7. The zero-order valence-corrected chi connectivity index (χ0v) is 18.6. The quantitative estimate of drug-likeness (QED) is 0.626. The van der Waals surface area contributed by atoms with Crippen molar-refractivity contribution in [1.82, 2.24) is 0 Å². The standard InChI is InChI=1S/C26H36O4/c1-23-11-7-20-24(2)9-4-10-26(20,15-29-22(24)28)19(23)8-12-25(3)21(23)14-16-13-17(27)5-6-18(16)30-25/h5-6,13,19-22,27-28H,4,7-12,14-15H2,1-3H3/t19?,20-,21?,22-,23+,24?,25-,26-/m0/s1. The number of phenols is 1. The van der Waals surface area contributed by atoms with Crippen LogP contribution in [0.25, 0.3) is 0 Å². The fourth-order valence-electron chi connectivity index (χ4n) is 9.32. The van der Waals surface area contributed by atoms with Crippen molar-refractivity contribution in [2.75, 3.05) is 6.61 Å². The lowest BCUT2D eigenvalue weighted by Crippen LogP contribution is -2.69. The Labute approximate surface area is 180 Å². The maximum Gasteiger partial charge on any atom is 0.160 e. The van der Waals surface area contributed by atoms with Crippen LogP contribution in [0.15, 0.2) is 18.2 Å². The van der Waals surface area contributed by atoms with Crippen LogP contribution < -0.4 is 4.74 Å². The molecule has 164 valence electrons. The van der Waals surface area contributed by atoms with E-state index in [9.17, 15) is 10.2 Å². The van der Waals surface area contributed by atoms with E-state index in [0.717, 1.165) is 37.2 Å². The van der Waals surface area contributed by atoms with Crippen molar-refractivity contribution in [3.63, 3.8) is 0 Å². The van der Waals surface area contributed by atoms with Crippen molar-refractivity contribution >= 4 is 0 Å². The fourth-order valence-corrected chi connectivity index (χ4v) is 9.32. The Bertz CT molecular complexity index is 884. The largest absolute Gasteiger partial charge is 0.508 e. The van der Waals surface area contributed by atoms with E-state index in [1.165, 1.54) is 32.1 Å². The van der Waals surface area contributed by atoms with E-state index in [1.807, 2.05) is 12.1 Å². The van der Waals surface area contributed by atoms with E-state index >= 15 is 0 Å². The molecule has 8 atom stereocenters. The van der Waals surface area contributed by atoms with Crippen molar-refractivity contribution in [2.24, 2.45) is 34.0 Å². The number of aromatic hydroxyl groups is 1. The predicted octanol–water partition coefficient (Wildman–Crippen LogP) is 5.05. The molecule has 3 unspecified atom stereocenters. The summed E-state index contributed by atoms with van der Waals surface area (Å²) < 4.78 is 12.8. The van der Waals surface area contributed by atoms with Crippen LogP contribution >= 0.6 is 0 Å². The summed E-state index contributed by atoms with van der Waals surface area (Å²) in [6.45, 7) is 7.85. The molecular weight excluding hydrogens is 376 g/mol. The number of benzene rings is 1. The summed E-state index contributed by atoms with van der Waals surface area (Å²) in [5, 5.41) is 20.8. The summed E-state index contributed by atoms with van der Waals surface area (Å²) in [5.74, 6) is 2.89. The van der Waals surface area contributed by atoms with Crippen LogP contribution in [-0.2, 0) is 11.2 Å². The van der Waals surface area contributed by atoms with Crippen molar-refractivity contribution in [3.05, 3.63) is 23.8 Å². The highest BCUT2D eigenvalue weighted by molar-refractivity contribution is 5.43. The normalized spacial score (nSPS) is 51.6.